The van der Waals surface area contributed by atoms with Crippen LogP contribution in [0.5, 0.6) is 0 Å². The van der Waals surface area contributed by atoms with Gasteiger partial charge in [-0.1, -0.05) is 0 Å². The summed E-state index contributed by atoms with van der Waals surface area (Å²) in [6.07, 6.45) is 2.67. The van der Waals surface area contributed by atoms with Gasteiger partial charge in [-0.05, 0) is 22.9 Å². The SMILES string of the molecule is CC(=O)N1CCN(C(=O)C(C)n2c(Br)cncc2=O)CC1. The monoisotopic (exact) mass is 356 g/mol. The van der Waals surface area contributed by atoms with E-state index in [1.54, 1.807) is 16.7 Å². The molecule has 0 N–H and O–H groups in total. The number of aromatic nitrogens is 2. The first-order valence-corrected chi connectivity index (χ1v) is 7.47. The van der Waals surface area contributed by atoms with Gasteiger partial charge in [-0.3, -0.25) is 23.9 Å². The number of carbonyl (C=O) groups is 2. The highest BCUT2D eigenvalue weighted by molar-refractivity contribution is 9.10. The van der Waals surface area contributed by atoms with Gasteiger partial charge >= 0.3 is 0 Å². The van der Waals surface area contributed by atoms with E-state index in [9.17, 15) is 14.4 Å². The van der Waals surface area contributed by atoms with Crippen LogP contribution in [0.1, 0.15) is 19.9 Å². The lowest BCUT2D eigenvalue weighted by Gasteiger charge is -2.35. The lowest BCUT2D eigenvalue weighted by Crippen LogP contribution is -2.52. The molecule has 114 valence electrons. The Labute approximate surface area is 130 Å². The van der Waals surface area contributed by atoms with E-state index < -0.39 is 6.04 Å². The molecule has 7 nitrogen and oxygen atoms in total. The molecular formula is C13H17BrN4O3. The van der Waals surface area contributed by atoms with Crippen LogP contribution in [0.3, 0.4) is 0 Å². The van der Waals surface area contributed by atoms with Gasteiger partial charge in [0.15, 0.2) is 0 Å². The summed E-state index contributed by atoms with van der Waals surface area (Å²) in [6.45, 7) is 5.24. The molecule has 1 aliphatic rings. The van der Waals surface area contributed by atoms with Crippen LogP contribution in [0.15, 0.2) is 21.8 Å². The molecule has 1 aliphatic heterocycles. The number of piperazine rings is 1. The number of halogens is 1. The number of rotatable bonds is 2. The van der Waals surface area contributed by atoms with E-state index in [1.807, 2.05) is 0 Å². The minimum atomic E-state index is -0.612. The Bertz CT molecular complexity index is 608. The molecule has 0 radical (unpaired) electrons. The van der Waals surface area contributed by atoms with Crippen molar-refractivity contribution < 1.29 is 9.59 Å². The highest BCUT2D eigenvalue weighted by Crippen LogP contribution is 2.16. The summed E-state index contributed by atoms with van der Waals surface area (Å²) in [5, 5.41) is 0. The lowest BCUT2D eigenvalue weighted by atomic mass is 10.2. The Hall–Kier alpha value is -1.70. The van der Waals surface area contributed by atoms with E-state index in [-0.39, 0.29) is 17.4 Å². The molecule has 1 fully saturated rings. The van der Waals surface area contributed by atoms with Crippen molar-refractivity contribution >= 4 is 27.7 Å². The van der Waals surface area contributed by atoms with E-state index >= 15 is 0 Å². The van der Waals surface area contributed by atoms with Crippen molar-refractivity contribution in [3.05, 3.63) is 27.4 Å². The van der Waals surface area contributed by atoms with E-state index in [0.717, 1.165) is 0 Å². The third-order valence-electron chi connectivity index (χ3n) is 3.61. The molecular weight excluding hydrogens is 340 g/mol. The normalized spacial score (nSPS) is 16.7. The fourth-order valence-electron chi connectivity index (χ4n) is 2.38. The van der Waals surface area contributed by atoms with Crippen molar-refractivity contribution in [3.63, 3.8) is 0 Å². The lowest BCUT2D eigenvalue weighted by molar-refractivity contribution is -0.140. The predicted octanol–water partition coefficient (Wildman–Crippen LogP) is 0.257. The van der Waals surface area contributed by atoms with Crippen molar-refractivity contribution in [3.8, 4) is 0 Å². The summed E-state index contributed by atoms with van der Waals surface area (Å²) in [6, 6.07) is -0.612. The molecule has 1 aromatic heterocycles. The molecule has 0 aliphatic carbocycles. The second kappa shape index (κ2) is 6.38. The van der Waals surface area contributed by atoms with Crippen LogP contribution < -0.4 is 5.56 Å². The molecule has 1 aromatic rings. The van der Waals surface area contributed by atoms with Gasteiger partial charge in [0.25, 0.3) is 5.56 Å². The number of carbonyl (C=O) groups excluding carboxylic acids is 2. The van der Waals surface area contributed by atoms with Crippen LogP contribution in [0.25, 0.3) is 0 Å². The van der Waals surface area contributed by atoms with Crippen LogP contribution >= 0.6 is 15.9 Å². The van der Waals surface area contributed by atoms with Crippen LogP contribution in [0.4, 0.5) is 0 Å². The second-order valence-electron chi connectivity index (χ2n) is 4.95. The molecule has 2 rings (SSSR count). The Morgan fingerprint density at radius 2 is 1.76 bits per heavy atom. The molecule has 1 unspecified atom stereocenters. The third kappa shape index (κ3) is 3.31. The molecule has 0 saturated carbocycles. The average Bonchev–Trinajstić information content (AvgIpc) is 2.46. The first-order chi connectivity index (χ1) is 9.91. The minimum absolute atomic E-state index is 0.0169. The molecule has 2 amide bonds. The van der Waals surface area contributed by atoms with Crippen LogP contribution in [0, 0.1) is 0 Å². The second-order valence-corrected chi connectivity index (χ2v) is 5.76. The Morgan fingerprint density at radius 1 is 1.19 bits per heavy atom. The number of hydrogen-bond donors (Lipinski definition) is 0. The Morgan fingerprint density at radius 3 is 2.29 bits per heavy atom. The summed E-state index contributed by atoms with van der Waals surface area (Å²) in [7, 11) is 0. The number of hydrogen-bond acceptors (Lipinski definition) is 4. The van der Waals surface area contributed by atoms with Crippen LogP contribution in [-0.4, -0.2) is 57.3 Å². The summed E-state index contributed by atoms with van der Waals surface area (Å²) in [5.74, 6) is -0.115. The Balaban J connectivity index is 2.11. The molecule has 0 bridgehead atoms. The molecule has 8 heteroatoms. The van der Waals surface area contributed by atoms with Gasteiger partial charge in [-0.2, -0.15) is 0 Å². The maximum absolute atomic E-state index is 12.5. The van der Waals surface area contributed by atoms with Gasteiger partial charge in [0.2, 0.25) is 11.8 Å². The van der Waals surface area contributed by atoms with Crippen LogP contribution in [-0.2, 0) is 9.59 Å². The van der Waals surface area contributed by atoms with Crippen LogP contribution in [0.2, 0.25) is 0 Å². The summed E-state index contributed by atoms with van der Waals surface area (Å²) in [4.78, 5) is 42.8. The van der Waals surface area contributed by atoms with Gasteiger partial charge < -0.3 is 9.80 Å². The highest BCUT2D eigenvalue weighted by Gasteiger charge is 2.27. The third-order valence-corrected chi connectivity index (χ3v) is 4.20. The van der Waals surface area contributed by atoms with Gasteiger partial charge in [-0.15, -0.1) is 0 Å². The first kappa shape index (κ1) is 15.7. The zero-order valence-electron chi connectivity index (χ0n) is 12.0. The smallest absolute Gasteiger partial charge is 0.270 e. The van der Waals surface area contributed by atoms with Gasteiger partial charge in [0.05, 0.1) is 12.4 Å². The summed E-state index contributed by atoms with van der Waals surface area (Å²) >= 11 is 3.25. The highest BCUT2D eigenvalue weighted by atomic mass is 79.9. The quantitative estimate of drug-likeness (QED) is 0.761. The molecule has 0 spiro atoms. The van der Waals surface area contributed by atoms with Gasteiger partial charge in [0.1, 0.15) is 10.6 Å². The summed E-state index contributed by atoms with van der Waals surface area (Å²) < 4.78 is 1.84. The fraction of sp³-hybridized carbons (Fsp3) is 0.538. The molecule has 0 aromatic carbocycles. The first-order valence-electron chi connectivity index (χ1n) is 6.68. The summed E-state index contributed by atoms with van der Waals surface area (Å²) in [5.41, 5.74) is -0.326. The minimum Gasteiger partial charge on any atom is -0.339 e. The molecule has 1 atom stereocenters. The topological polar surface area (TPSA) is 75.5 Å². The van der Waals surface area contributed by atoms with E-state index in [1.165, 1.54) is 23.9 Å². The largest absolute Gasteiger partial charge is 0.339 e. The van der Waals surface area contributed by atoms with E-state index in [4.69, 9.17) is 0 Å². The maximum atomic E-state index is 12.5. The van der Waals surface area contributed by atoms with Crippen molar-refractivity contribution in [1.29, 1.82) is 0 Å². The Kier molecular flexibility index (Phi) is 4.76. The molecule has 1 saturated heterocycles. The van der Waals surface area contributed by atoms with Crippen molar-refractivity contribution in [2.75, 3.05) is 26.2 Å². The van der Waals surface area contributed by atoms with E-state index in [0.29, 0.717) is 30.8 Å². The maximum Gasteiger partial charge on any atom is 0.270 e. The zero-order chi connectivity index (χ0) is 15.6. The fourth-order valence-corrected chi connectivity index (χ4v) is 2.98. The van der Waals surface area contributed by atoms with Gasteiger partial charge in [-0.25, -0.2) is 0 Å². The van der Waals surface area contributed by atoms with Crippen molar-refractivity contribution in [2.24, 2.45) is 0 Å². The molecule has 2 heterocycles. The standard InChI is InChI=1S/C13H17BrN4O3/c1-9(18-11(14)7-15-8-12(18)20)13(21)17-5-3-16(4-6-17)10(2)19/h7-9H,3-6H2,1-2H3. The average molecular weight is 357 g/mol. The van der Waals surface area contributed by atoms with Crippen molar-refractivity contribution in [1.82, 2.24) is 19.4 Å². The van der Waals surface area contributed by atoms with Gasteiger partial charge in [0, 0.05) is 33.1 Å². The van der Waals surface area contributed by atoms with Crippen molar-refractivity contribution in [2.45, 2.75) is 19.9 Å². The van der Waals surface area contributed by atoms with E-state index in [2.05, 4.69) is 20.9 Å². The zero-order valence-corrected chi connectivity index (χ0v) is 13.5. The molecule has 21 heavy (non-hydrogen) atoms. The number of amides is 2. The predicted molar refractivity (Wildman–Crippen MR) is 79.7 cm³/mol. The number of nitrogens with zero attached hydrogens (tertiary/aromatic N) is 4.